The molecule has 0 unspecified atom stereocenters. The van der Waals surface area contributed by atoms with Gasteiger partial charge in [0.15, 0.2) is 0 Å². The molecule has 1 N–H and O–H groups in total. The van der Waals surface area contributed by atoms with E-state index >= 15 is 0 Å². The first kappa shape index (κ1) is 13.7. The number of nitrogens with one attached hydrogen (secondary N) is 1. The van der Waals surface area contributed by atoms with Crippen LogP contribution in [0.2, 0.25) is 5.02 Å². The van der Waals surface area contributed by atoms with Gasteiger partial charge in [0.1, 0.15) is 11.9 Å². The van der Waals surface area contributed by atoms with Crippen molar-refractivity contribution in [2.45, 2.75) is 18.9 Å². The Bertz CT molecular complexity index is 483. The number of likely N-dealkylation sites (tertiary alicyclic amines) is 1. The van der Waals surface area contributed by atoms with Crippen molar-refractivity contribution in [1.29, 1.82) is 0 Å². The minimum atomic E-state index is 0.0964. The van der Waals surface area contributed by atoms with Gasteiger partial charge in [-0.3, -0.25) is 4.79 Å². The third kappa shape index (κ3) is 3.25. The number of ether oxygens (including phenoxy) is 1. The standard InChI is InChI=1S/C15H19ClN2O2/c16-12-2-1-3-13(7-12)20-14-9-18(10-14)15(19)6-11-4-5-17-8-11/h1-3,7,11,14,17H,4-6,8-10H2/t11-/m1/s1. The van der Waals surface area contributed by atoms with E-state index in [1.807, 2.05) is 23.1 Å². The van der Waals surface area contributed by atoms with E-state index in [0.717, 1.165) is 25.3 Å². The Morgan fingerprint density at radius 3 is 3.00 bits per heavy atom. The van der Waals surface area contributed by atoms with Crippen LogP contribution >= 0.6 is 11.6 Å². The summed E-state index contributed by atoms with van der Waals surface area (Å²) in [5.41, 5.74) is 0. The van der Waals surface area contributed by atoms with E-state index in [4.69, 9.17) is 16.3 Å². The number of amides is 1. The van der Waals surface area contributed by atoms with Gasteiger partial charge in [-0.05, 0) is 43.6 Å². The molecule has 1 amide bonds. The molecule has 2 heterocycles. The van der Waals surface area contributed by atoms with E-state index in [1.54, 1.807) is 6.07 Å². The van der Waals surface area contributed by atoms with E-state index in [2.05, 4.69) is 5.32 Å². The molecule has 0 aliphatic carbocycles. The molecule has 0 radical (unpaired) electrons. The molecule has 2 saturated heterocycles. The highest BCUT2D eigenvalue weighted by Crippen LogP contribution is 2.23. The Balaban J connectivity index is 1.43. The first-order valence-electron chi connectivity index (χ1n) is 7.11. The Morgan fingerprint density at radius 1 is 1.45 bits per heavy atom. The molecule has 0 saturated carbocycles. The second-order valence-corrected chi connectivity index (χ2v) is 6.00. The molecule has 108 valence electrons. The van der Waals surface area contributed by atoms with E-state index in [1.165, 1.54) is 0 Å². The largest absolute Gasteiger partial charge is 0.487 e. The molecular weight excluding hydrogens is 276 g/mol. The maximum Gasteiger partial charge on any atom is 0.223 e. The van der Waals surface area contributed by atoms with Crippen molar-refractivity contribution in [3.8, 4) is 5.75 Å². The molecule has 4 nitrogen and oxygen atoms in total. The zero-order chi connectivity index (χ0) is 13.9. The fraction of sp³-hybridized carbons (Fsp3) is 0.533. The fourth-order valence-corrected chi connectivity index (χ4v) is 2.89. The quantitative estimate of drug-likeness (QED) is 0.922. The lowest BCUT2D eigenvalue weighted by molar-refractivity contribution is -0.140. The number of halogens is 1. The van der Waals surface area contributed by atoms with Crippen molar-refractivity contribution in [3.63, 3.8) is 0 Å². The first-order valence-corrected chi connectivity index (χ1v) is 7.49. The summed E-state index contributed by atoms with van der Waals surface area (Å²) in [6.45, 7) is 3.39. The Kier molecular flexibility index (Phi) is 4.13. The highest BCUT2D eigenvalue weighted by atomic mass is 35.5. The minimum absolute atomic E-state index is 0.0964. The molecule has 1 atom stereocenters. The smallest absolute Gasteiger partial charge is 0.223 e. The number of benzene rings is 1. The van der Waals surface area contributed by atoms with Crippen LogP contribution in [0.5, 0.6) is 5.75 Å². The molecule has 1 aromatic rings. The van der Waals surface area contributed by atoms with Crippen molar-refractivity contribution in [2.24, 2.45) is 5.92 Å². The van der Waals surface area contributed by atoms with Gasteiger partial charge in [0.2, 0.25) is 5.91 Å². The van der Waals surface area contributed by atoms with Gasteiger partial charge in [-0.2, -0.15) is 0 Å². The van der Waals surface area contributed by atoms with Crippen LogP contribution in [-0.4, -0.2) is 43.1 Å². The molecule has 0 aromatic heterocycles. The fourth-order valence-electron chi connectivity index (χ4n) is 2.71. The second-order valence-electron chi connectivity index (χ2n) is 5.56. The summed E-state index contributed by atoms with van der Waals surface area (Å²) in [4.78, 5) is 13.9. The van der Waals surface area contributed by atoms with Gasteiger partial charge in [-0.1, -0.05) is 17.7 Å². The third-order valence-electron chi connectivity index (χ3n) is 3.93. The summed E-state index contributed by atoms with van der Waals surface area (Å²) in [7, 11) is 0. The lowest BCUT2D eigenvalue weighted by Crippen LogP contribution is -2.56. The zero-order valence-electron chi connectivity index (χ0n) is 11.3. The average Bonchev–Trinajstić information content (AvgIpc) is 2.86. The van der Waals surface area contributed by atoms with Crippen molar-refractivity contribution in [3.05, 3.63) is 29.3 Å². The van der Waals surface area contributed by atoms with Gasteiger partial charge in [0.25, 0.3) is 0 Å². The molecule has 20 heavy (non-hydrogen) atoms. The van der Waals surface area contributed by atoms with Crippen molar-refractivity contribution in [1.82, 2.24) is 10.2 Å². The van der Waals surface area contributed by atoms with Crippen LogP contribution < -0.4 is 10.1 Å². The average molecular weight is 295 g/mol. The topological polar surface area (TPSA) is 41.6 Å². The van der Waals surface area contributed by atoms with Crippen LogP contribution in [0.1, 0.15) is 12.8 Å². The van der Waals surface area contributed by atoms with Gasteiger partial charge in [-0.15, -0.1) is 0 Å². The normalized spacial score (nSPS) is 22.6. The zero-order valence-corrected chi connectivity index (χ0v) is 12.1. The van der Waals surface area contributed by atoms with Crippen LogP contribution in [0.4, 0.5) is 0 Å². The Morgan fingerprint density at radius 2 is 2.30 bits per heavy atom. The molecule has 3 rings (SSSR count). The minimum Gasteiger partial charge on any atom is -0.487 e. The number of carbonyl (C=O) groups excluding carboxylic acids is 1. The summed E-state index contributed by atoms with van der Waals surface area (Å²) >= 11 is 5.91. The maximum atomic E-state index is 12.1. The molecule has 0 bridgehead atoms. The van der Waals surface area contributed by atoms with Gasteiger partial charge in [-0.25, -0.2) is 0 Å². The first-order chi connectivity index (χ1) is 9.70. The molecular formula is C15H19ClN2O2. The SMILES string of the molecule is O=C(C[C@H]1CCNC1)N1CC(Oc2cccc(Cl)c2)C1. The van der Waals surface area contributed by atoms with E-state index < -0.39 is 0 Å². The highest BCUT2D eigenvalue weighted by Gasteiger charge is 2.33. The van der Waals surface area contributed by atoms with Crippen molar-refractivity contribution >= 4 is 17.5 Å². The van der Waals surface area contributed by atoms with Gasteiger partial charge >= 0.3 is 0 Å². The molecule has 0 spiro atoms. The predicted octanol–water partition coefficient (Wildman–Crippen LogP) is 1.93. The Hall–Kier alpha value is -1.26. The number of carbonyl (C=O) groups is 1. The predicted molar refractivity (Wildman–Crippen MR) is 78.0 cm³/mol. The Labute approximate surface area is 124 Å². The monoisotopic (exact) mass is 294 g/mol. The summed E-state index contributed by atoms with van der Waals surface area (Å²) < 4.78 is 5.79. The summed E-state index contributed by atoms with van der Waals surface area (Å²) in [5, 5.41) is 3.96. The lowest BCUT2D eigenvalue weighted by Gasteiger charge is -2.39. The van der Waals surface area contributed by atoms with Crippen LogP contribution in [0.3, 0.4) is 0 Å². The van der Waals surface area contributed by atoms with Gasteiger partial charge in [0.05, 0.1) is 13.1 Å². The number of nitrogens with zero attached hydrogens (tertiary/aromatic N) is 1. The second kappa shape index (κ2) is 6.02. The van der Waals surface area contributed by atoms with Crippen molar-refractivity contribution in [2.75, 3.05) is 26.2 Å². The molecule has 1 aromatic carbocycles. The highest BCUT2D eigenvalue weighted by molar-refractivity contribution is 6.30. The third-order valence-corrected chi connectivity index (χ3v) is 4.16. The van der Waals surface area contributed by atoms with Crippen LogP contribution in [0.15, 0.2) is 24.3 Å². The summed E-state index contributed by atoms with van der Waals surface area (Å²) in [5.74, 6) is 1.54. The van der Waals surface area contributed by atoms with Gasteiger partial charge in [0, 0.05) is 11.4 Å². The number of hydrogen-bond donors (Lipinski definition) is 1. The van der Waals surface area contributed by atoms with Crippen LogP contribution in [0.25, 0.3) is 0 Å². The van der Waals surface area contributed by atoms with Crippen LogP contribution in [-0.2, 0) is 4.79 Å². The van der Waals surface area contributed by atoms with Crippen molar-refractivity contribution < 1.29 is 9.53 Å². The molecule has 2 aliphatic heterocycles. The summed E-state index contributed by atoms with van der Waals surface area (Å²) in [6.07, 6.45) is 1.87. The van der Waals surface area contributed by atoms with Gasteiger partial charge < -0.3 is 15.0 Å². The summed E-state index contributed by atoms with van der Waals surface area (Å²) in [6, 6.07) is 7.38. The van der Waals surface area contributed by atoms with E-state index in [9.17, 15) is 4.79 Å². The number of rotatable bonds is 4. The maximum absolute atomic E-state index is 12.1. The van der Waals surface area contributed by atoms with E-state index in [0.29, 0.717) is 30.5 Å². The number of hydrogen-bond acceptors (Lipinski definition) is 3. The molecule has 2 aliphatic rings. The molecule has 2 fully saturated rings. The molecule has 5 heteroatoms. The lowest BCUT2D eigenvalue weighted by atomic mass is 10.0. The van der Waals surface area contributed by atoms with Crippen LogP contribution in [0, 0.1) is 5.92 Å². The van der Waals surface area contributed by atoms with E-state index in [-0.39, 0.29) is 12.0 Å².